The van der Waals surface area contributed by atoms with E-state index < -0.39 is 4.92 Å². The Morgan fingerprint density at radius 2 is 1.96 bits per heavy atom. The second kappa shape index (κ2) is 7.38. The van der Waals surface area contributed by atoms with E-state index in [2.05, 4.69) is 27.2 Å². The van der Waals surface area contributed by atoms with Crippen LogP contribution >= 0.6 is 0 Å². The van der Waals surface area contributed by atoms with Gasteiger partial charge >= 0.3 is 5.69 Å². The van der Waals surface area contributed by atoms with Crippen LogP contribution in [0.3, 0.4) is 0 Å². The fourth-order valence-electron chi connectivity index (χ4n) is 3.55. The van der Waals surface area contributed by atoms with Crippen molar-refractivity contribution >= 4 is 33.9 Å². The number of anilines is 3. The lowest BCUT2D eigenvalue weighted by Gasteiger charge is -2.30. The SMILES string of the molecule is Cc1ccc2cccc(Nc3ncnc(N4CCC(C)CC4)c3[N+](=O)[O-])c2n1. The molecule has 1 aliphatic rings. The maximum absolute atomic E-state index is 11.9. The van der Waals surface area contributed by atoms with Gasteiger partial charge in [0.2, 0.25) is 11.6 Å². The standard InChI is InChI=1S/C20H22N6O2/c1-13-8-10-25(11-9-13)20-18(26(27)28)19(21-12-22-20)24-16-5-3-4-15-7-6-14(2)23-17(15)16/h3-7,12-13H,8-11H2,1-2H3,(H,21,22,24). The van der Waals surface area contributed by atoms with Crippen molar-refractivity contribution in [3.05, 3.63) is 52.5 Å². The molecule has 1 N–H and O–H groups in total. The summed E-state index contributed by atoms with van der Waals surface area (Å²) in [4.78, 5) is 26.5. The van der Waals surface area contributed by atoms with Gasteiger partial charge in [-0.1, -0.05) is 25.1 Å². The van der Waals surface area contributed by atoms with E-state index in [1.807, 2.05) is 42.2 Å². The molecule has 2 aromatic heterocycles. The minimum atomic E-state index is -0.403. The van der Waals surface area contributed by atoms with E-state index in [4.69, 9.17) is 0 Å². The highest BCUT2D eigenvalue weighted by Crippen LogP contribution is 2.36. The van der Waals surface area contributed by atoms with Crippen LogP contribution in [0.4, 0.5) is 23.0 Å². The predicted molar refractivity (Wildman–Crippen MR) is 109 cm³/mol. The molecule has 8 heteroatoms. The molecule has 4 rings (SSSR count). The Bertz CT molecular complexity index is 1030. The first-order chi connectivity index (χ1) is 13.5. The maximum Gasteiger partial charge on any atom is 0.353 e. The minimum Gasteiger partial charge on any atom is -0.351 e. The fourth-order valence-corrected chi connectivity index (χ4v) is 3.55. The molecule has 144 valence electrons. The second-order valence-corrected chi connectivity index (χ2v) is 7.28. The number of hydrogen-bond donors (Lipinski definition) is 1. The Hall–Kier alpha value is -3.29. The molecule has 1 aliphatic heterocycles. The summed E-state index contributed by atoms with van der Waals surface area (Å²) in [6.45, 7) is 5.63. The van der Waals surface area contributed by atoms with Crippen LogP contribution in [-0.4, -0.2) is 33.0 Å². The average molecular weight is 378 g/mol. The van der Waals surface area contributed by atoms with Crippen molar-refractivity contribution in [3.8, 4) is 0 Å². The Balaban J connectivity index is 1.76. The summed E-state index contributed by atoms with van der Waals surface area (Å²) in [7, 11) is 0. The van der Waals surface area contributed by atoms with Gasteiger partial charge in [0, 0.05) is 24.2 Å². The van der Waals surface area contributed by atoms with Crippen LogP contribution in [0.2, 0.25) is 0 Å². The smallest absolute Gasteiger partial charge is 0.351 e. The number of aromatic nitrogens is 3. The van der Waals surface area contributed by atoms with Crippen LogP contribution in [0.15, 0.2) is 36.7 Å². The van der Waals surface area contributed by atoms with Gasteiger partial charge in [-0.15, -0.1) is 0 Å². The molecule has 0 saturated carbocycles. The van der Waals surface area contributed by atoms with Crippen molar-refractivity contribution in [1.82, 2.24) is 15.0 Å². The lowest BCUT2D eigenvalue weighted by molar-refractivity contribution is -0.383. The molecular formula is C20H22N6O2. The summed E-state index contributed by atoms with van der Waals surface area (Å²) in [5.74, 6) is 1.18. The molecule has 8 nitrogen and oxygen atoms in total. The Morgan fingerprint density at radius 1 is 1.18 bits per heavy atom. The van der Waals surface area contributed by atoms with Gasteiger partial charge < -0.3 is 10.2 Å². The molecule has 0 unspecified atom stereocenters. The zero-order valence-electron chi connectivity index (χ0n) is 15.9. The molecule has 0 radical (unpaired) electrons. The van der Waals surface area contributed by atoms with Gasteiger partial charge in [0.25, 0.3) is 0 Å². The summed E-state index contributed by atoms with van der Waals surface area (Å²) >= 11 is 0. The molecule has 0 bridgehead atoms. The van der Waals surface area contributed by atoms with Crippen LogP contribution < -0.4 is 10.2 Å². The normalized spacial score (nSPS) is 15.0. The van der Waals surface area contributed by atoms with Crippen molar-refractivity contribution in [2.75, 3.05) is 23.3 Å². The van der Waals surface area contributed by atoms with Gasteiger partial charge in [-0.25, -0.2) is 9.97 Å². The molecule has 1 fully saturated rings. The van der Waals surface area contributed by atoms with Gasteiger partial charge in [-0.2, -0.15) is 0 Å². The predicted octanol–water partition coefficient (Wildman–Crippen LogP) is 4.22. The minimum absolute atomic E-state index is 0.0956. The van der Waals surface area contributed by atoms with Gasteiger partial charge in [0.1, 0.15) is 6.33 Å². The van der Waals surface area contributed by atoms with E-state index in [0.717, 1.165) is 42.5 Å². The van der Waals surface area contributed by atoms with Crippen molar-refractivity contribution in [3.63, 3.8) is 0 Å². The molecular weight excluding hydrogens is 356 g/mol. The highest BCUT2D eigenvalue weighted by Gasteiger charge is 2.29. The van der Waals surface area contributed by atoms with E-state index in [0.29, 0.717) is 17.4 Å². The first-order valence-electron chi connectivity index (χ1n) is 9.40. The number of nitrogens with zero attached hydrogens (tertiary/aromatic N) is 5. The Labute approximate surface area is 162 Å². The summed E-state index contributed by atoms with van der Waals surface area (Å²) < 4.78 is 0. The molecule has 3 aromatic rings. The first kappa shape index (κ1) is 18.1. The number of nitrogens with one attached hydrogen (secondary N) is 1. The van der Waals surface area contributed by atoms with Crippen LogP contribution in [0.5, 0.6) is 0 Å². The third-order valence-electron chi connectivity index (χ3n) is 5.18. The van der Waals surface area contributed by atoms with Crippen molar-refractivity contribution in [1.29, 1.82) is 0 Å². The topological polar surface area (TPSA) is 97.1 Å². The third kappa shape index (κ3) is 3.45. The van der Waals surface area contributed by atoms with E-state index in [-0.39, 0.29) is 11.5 Å². The number of piperidine rings is 1. The third-order valence-corrected chi connectivity index (χ3v) is 5.18. The first-order valence-corrected chi connectivity index (χ1v) is 9.40. The molecule has 28 heavy (non-hydrogen) atoms. The highest BCUT2D eigenvalue weighted by molar-refractivity contribution is 5.93. The van der Waals surface area contributed by atoms with E-state index in [1.54, 1.807) is 0 Å². The number of aryl methyl sites for hydroxylation is 1. The van der Waals surface area contributed by atoms with Gasteiger partial charge in [0.05, 0.1) is 16.1 Å². The molecule has 3 heterocycles. The van der Waals surface area contributed by atoms with Crippen LogP contribution in [0.25, 0.3) is 10.9 Å². The molecule has 0 amide bonds. The zero-order valence-corrected chi connectivity index (χ0v) is 15.9. The van der Waals surface area contributed by atoms with Crippen molar-refractivity contribution in [2.45, 2.75) is 26.7 Å². The fraction of sp³-hybridized carbons (Fsp3) is 0.350. The van der Waals surface area contributed by atoms with Crippen LogP contribution in [0.1, 0.15) is 25.5 Å². The number of pyridine rings is 1. The number of benzene rings is 1. The zero-order chi connectivity index (χ0) is 19.7. The lowest BCUT2D eigenvalue weighted by Crippen LogP contribution is -2.34. The van der Waals surface area contributed by atoms with E-state index in [9.17, 15) is 10.1 Å². The Morgan fingerprint density at radius 3 is 2.71 bits per heavy atom. The van der Waals surface area contributed by atoms with Crippen molar-refractivity contribution < 1.29 is 4.92 Å². The highest BCUT2D eigenvalue weighted by atomic mass is 16.6. The summed E-state index contributed by atoms with van der Waals surface area (Å²) in [5.41, 5.74) is 2.22. The molecule has 0 spiro atoms. The van der Waals surface area contributed by atoms with Gasteiger partial charge in [-0.05, 0) is 37.8 Å². The molecule has 1 aromatic carbocycles. The second-order valence-electron chi connectivity index (χ2n) is 7.28. The van der Waals surface area contributed by atoms with E-state index >= 15 is 0 Å². The van der Waals surface area contributed by atoms with E-state index in [1.165, 1.54) is 6.33 Å². The number of nitro groups is 1. The van der Waals surface area contributed by atoms with Crippen molar-refractivity contribution in [2.24, 2.45) is 5.92 Å². The summed E-state index contributed by atoms with van der Waals surface area (Å²) in [6, 6.07) is 9.62. The lowest BCUT2D eigenvalue weighted by atomic mass is 9.99. The largest absolute Gasteiger partial charge is 0.353 e. The number of fused-ring (bicyclic) bond motifs is 1. The van der Waals surface area contributed by atoms with Gasteiger partial charge in [0.15, 0.2) is 0 Å². The van der Waals surface area contributed by atoms with Gasteiger partial charge in [-0.3, -0.25) is 15.1 Å². The number of rotatable bonds is 4. The molecule has 0 aliphatic carbocycles. The summed E-state index contributed by atoms with van der Waals surface area (Å²) in [5, 5.41) is 16.0. The average Bonchev–Trinajstić information content (AvgIpc) is 2.69. The number of para-hydroxylation sites is 1. The maximum atomic E-state index is 11.9. The molecule has 0 atom stereocenters. The Kier molecular flexibility index (Phi) is 4.77. The monoisotopic (exact) mass is 378 g/mol. The van der Waals surface area contributed by atoms with Crippen LogP contribution in [0, 0.1) is 23.0 Å². The van der Waals surface area contributed by atoms with Crippen LogP contribution in [-0.2, 0) is 0 Å². The quantitative estimate of drug-likeness (QED) is 0.536. The molecule has 1 saturated heterocycles. The summed E-state index contributed by atoms with van der Waals surface area (Å²) in [6.07, 6.45) is 3.37. The number of hydrogen-bond acceptors (Lipinski definition) is 7.